The number of hydrogen-bond donors (Lipinski definition) is 0. The van der Waals surface area contributed by atoms with E-state index < -0.39 is 0 Å². The molecule has 10 heavy (non-hydrogen) atoms. The van der Waals surface area contributed by atoms with Crippen molar-refractivity contribution in [1.82, 2.24) is 9.97 Å². The van der Waals surface area contributed by atoms with Crippen molar-refractivity contribution in [3.63, 3.8) is 0 Å². The number of terminal acetylenes is 1. The van der Waals surface area contributed by atoms with Crippen LogP contribution in [0.5, 0.6) is 0 Å². The van der Waals surface area contributed by atoms with Crippen LogP contribution in [0.25, 0.3) is 0 Å². The van der Waals surface area contributed by atoms with Crippen molar-refractivity contribution in [2.75, 3.05) is 0 Å². The van der Waals surface area contributed by atoms with Gasteiger partial charge in [0.05, 0.1) is 17.8 Å². The van der Waals surface area contributed by atoms with Crippen molar-refractivity contribution in [2.45, 2.75) is 13.3 Å². The van der Waals surface area contributed by atoms with Crippen LogP contribution >= 0.6 is 0 Å². The van der Waals surface area contributed by atoms with Crippen molar-refractivity contribution in [3.05, 3.63) is 23.8 Å². The Balaban J connectivity index is 2.81. The molecule has 0 fully saturated rings. The molecule has 0 radical (unpaired) electrons. The topological polar surface area (TPSA) is 25.8 Å². The van der Waals surface area contributed by atoms with Crippen molar-refractivity contribution in [2.24, 2.45) is 0 Å². The summed E-state index contributed by atoms with van der Waals surface area (Å²) in [7, 11) is 0. The minimum Gasteiger partial charge on any atom is -0.258 e. The monoisotopic (exact) mass is 132 g/mol. The molecule has 0 saturated carbocycles. The van der Waals surface area contributed by atoms with E-state index >= 15 is 0 Å². The molecule has 0 aliphatic carbocycles. The lowest BCUT2D eigenvalue weighted by atomic mass is 10.3. The maximum Gasteiger partial charge on any atom is 0.0705 e. The van der Waals surface area contributed by atoms with Crippen molar-refractivity contribution in [1.29, 1.82) is 0 Å². The van der Waals surface area contributed by atoms with Crippen LogP contribution in [0, 0.1) is 19.3 Å². The molecule has 0 atom stereocenters. The van der Waals surface area contributed by atoms with Crippen molar-refractivity contribution in [3.8, 4) is 12.3 Å². The van der Waals surface area contributed by atoms with Gasteiger partial charge in [0.1, 0.15) is 0 Å². The van der Waals surface area contributed by atoms with Crippen LogP contribution in [0.2, 0.25) is 0 Å². The zero-order valence-electron chi connectivity index (χ0n) is 5.83. The Morgan fingerprint density at radius 3 is 2.80 bits per heavy atom. The molecule has 0 saturated heterocycles. The van der Waals surface area contributed by atoms with Gasteiger partial charge < -0.3 is 0 Å². The molecule has 0 bridgehead atoms. The molecule has 1 aromatic rings. The van der Waals surface area contributed by atoms with E-state index in [4.69, 9.17) is 6.42 Å². The molecular formula is C8H8N2. The largest absolute Gasteiger partial charge is 0.258 e. The predicted molar refractivity (Wildman–Crippen MR) is 39.3 cm³/mol. The second-order valence-electron chi connectivity index (χ2n) is 2.03. The first kappa shape index (κ1) is 6.76. The zero-order valence-corrected chi connectivity index (χ0v) is 5.83. The smallest absolute Gasteiger partial charge is 0.0705 e. The molecule has 0 unspecified atom stereocenters. The summed E-state index contributed by atoms with van der Waals surface area (Å²) in [5.74, 6) is 2.50. The summed E-state index contributed by atoms with van der Waals surface area (Å²) in [5.41, 5.74) is 1.77. The third-order valence-corrected chi connectivity index (χ3v) is 1.12. The minimum absolute atomic E-state index is 0.563. The van der Waals surface area contributed by atoms with Gasteiger partial charge in [-0.2, -0.15) is 0 Å². The van der Waals surface area contributed by atoms with Crippen LogP contribution in [0.4, 0.5) is 0 Å². The van der Waals surface area contributed by atoms with Crippen LogP contribution in [-0.4, -0.2) is 9.97 Å². The molecule has 0 aliphatic rings. The van der Waals surface area contributed by atoms with E-state index in [0.717, 1.165) is 11.4 Å². The van der Waals surface area contributed by atoms with Crippen LogP contribution in [0.1, 0.15) is 11.4 Å². The average molecular weight is 132 g/mol. The summed E-state index contributed by atoms with van der Waals surface area (Å²) in [6, 6.07) is 0. The summed E-state index contributed by atoms with van der Waals surface area (Å²) < 4.78 is 0. The molecule has 2 nitrogen and oxygen atoms in total. The predicted octanol–water partition coefficient (Wildman–Crippen LogP) is 0.961. The van der Waals surface area contributed by atoms with Gasteiger partial charge in [0.25, 0.3) is 0 Å². The highest BCUT2D eigenvalue weighted by atomic mass is 14.8. The number of hydrogen-bond acceptors (Lipinski definition) is 2. The first-order valence-corrected chi connectivity index (χ1v) is 3.04. The first-order chi connectivity index (χ1) is 4.83. The highest BCUT2D eigenvalue weighted by molar-refractivity contribution is 5.07. The van der Waals surface area contributed by atoms with Crippen LogP contribution in [-0.2, 0) is 6.42 Å². The maximum absolute atomic E-state index is 5.08. The molecule has 0 spiro atoms. The zero-order chi connectivity index (χ0) is 7.40. The Morgan fingerprint density at radius 1 is 1.50 bits per heavy atom. The number of nitrogens with zero attached hydrogens (tertiary/aromatic N) is 2. The Hall–Kier alpha value is -1.36. The Kier molecular flexibility index (Phi) is 2.01. The first-order valence-electron chi connectivity index (χ1n) is 3.04. The third-order valence-electron chi connectivity index (χ3n) is 1.12. The van der Waals surface area contributed by atoms with Gasteiger partial charge in [-0.1, -0.05) is 0 Å². The highest BCUT2D eigenvalue weighted by Gasteiger charge is 1.89. The summed E-state index contributed by atoms with van der Waals surface area (Å²) in [6.07, 6.45) is 9.06. The lowest BCUT2D eigenvalue weighted by molar-refractivity contribution is 1.03. The summed E-state index contributed by atoms with van der Waals surface area (Å²) in [4.78, 5) is 8.10. The van der Waals surface area contributed by atoms with Gasteiger partial charge in [-0.15, -0.1) is 12.3 Å². The molecule has 0 aliphatic heterocycles. The number of aryl methyl sites for hydroxylation is 1. The van der Waals surface area contributed by atoms with E-state index in [-0.39, 0.29) is 0 Å². The average Bonchev–Trinajstić information content (AvgIpc) is 1.95. The van der Waals surface area contributed by atoms with E-state index in [9.17, 15) is 0 Å². The Bertz CT molecular complexity index is 243. The molecule has 50 valence electrons. The van der Waals surface area contributed by atoms with Gasteiger partial charge >= 0.3 is 0 Å². The molecule has 1 aromatic heterocycles. The Labute approximate surface area is 60.3 Å². The van der Waals surface area contributed by atoms with Crippen LogP contribution in [0.3, 0.4) is 0 Å². The summed E-state index contributed by atoms with van der Waals surface area (Å²) in [5, 5.41) is 0. The maximum atomic E-state index is 5.08. The van der Waals surface area contributed by atoms with Gasteiger partial charge in [0.2, 0.25) is 0 Å². The second-order valence-corrected chi connectivity index (χ2v) is 2.03. The number of rotatable bonds is 1. The lowest BCUT2D eigenvalue weighted by Gasteiger charge is -1.92. The molecular weight excluding hydrogens is 124 g/mol. The summed E-state index contributed by atoms with van der Waals surface area (Å²) >= 11 is 0. The van der Waals surface area contributed by atoms with Gasteiger partial charge in [-0.05, 0) is 6.92 Å². The van der Waals surface area contributed by atoms with E-state index in [1.807, 2.05) is 6.92 Å². The Morgan fingerprint density at radius 2 is 2.30 bits per heavy atom. The molecule has 1 heterocycles. The van der Waals surface area contributed by atoms with E-state index in [0.29, 0.717) is 6.42 Å². The highest BCUT2D eigenvalue weighted by Crippen LogP contribution is 1.93. The quantitative estimate of drug-likeness (QED) is 0.532. The molecule has 0 amide bonds. The SMILES string of the molecule is C#CCc1cnc(C)cn1. The summed E-state index contributed by atoms with van der Waals surface area (Å²) in [6.45, 7) is 1.90. The van der Waals surface area contributed by atoms with Gasteiger partial charge in [-0.3, -0.25) is 9.97 Å². The fraction of sp³-hybridized carbons (Fsp3) is 0.250. The van der Waals surface area contributed by atoms with Crippen molar-refractivity contribution < 1.29 is 0 Å². The van der Waals surface area contributed by atoms with Crippen molar-refractivity contribution >= 4 is 0 Å². The van der Waals surface area contributed by atoms with Crippen LogP contribution < -0.4 is 0 Å². The van der Waals surface area contributed by atoms with E-state index in [1.165, 1.54) is 0 Å². The molecule has 0 aromatic carbocycles. The van der Waals surface area contributed by atoms with Gasteiger partial charge in [0, 0.05) is 12.4 Å². The lowest BCUT2D eigenvalue weighted by Crippen LogP contribution is -1.90. The van der Waals surface area contributed by atoms with Gasteiger partial charge in [0.15, 0.2) is 0 Å². The molecule has 1 rings (SSSR count). The third kappa shape index (κ3) is 1.56. The molecule has 0 N–H and O–H groups in total. The van der Waals surface area contributed by atoms with Gasteiger partial charge in [-0.25, -0.2) is 0 Å². The molecule has 2 heteroatoms. The fourth-order valence-corrected chi connectivity index (χ4v) is 0.615. The number of aromatic nitrogens is 2. The van der Waals surface area contributed by atoms with E-state index in [1.54, 1.807) is 12.4 Å². The minimum atomic E-state index is 0.563. The van der Waals surface area contributed by atoms with E-state index in [2.05, 4.69) is 15.9 Å². The standard InChI is InChI=1S/C8H8N2/c1-3-4-8-6-9-7(2)5-10-8/h1,5-6H,4H2,2H3. The van der Waals surface area contributed by atoms with Crippen LogP contribution in [0.15, 0.2) is 12.4 Å². The second kappa shape index (κ2) is 2.98. The fourth-order valence-electron chi connectivity index (χ4n) is 0.615. The normalized spacial score (nSPS) is 8.80.